The number of nitrogens with zero attached hydrogens (tertiary/aromatic N) is 1. The van der Waals surface area contributed by atoms with Gasteiger partial charge in [0.1, 0.15) is 0 Å². The highest BCUT2D eigenvalue weighted by Crippen LogP contribution is 2.41. The van der Waals surface area contributed by atoms with Crippen LogP contribution in [0.15, 0.2) is 4.99 Å². The summed E-state index contributed by atoms with van der Waals surface area (Å²) in [4.78, 5) is 15.9. The maximum atomic E-state index is 11.5. The zero-order chi connectivity index (χ0) is 11.7. The minimum Gasteiger partial charge on any atom is -0.364 e. The molecule has 5 heteroatoms. The van der Waals surface area contributed by atoms with Crippen molar-refractivity contribution in [3.8, 4) is 0 Å². The Hall–Kier alpha value is -0.710. The maximum absolute atomic E-state index is 11.5. The van der Waals surface area contributed by atoms with E-state index in [-0.39, 0.29) is 5.91 Å². The summed E-state index contributed by atoms with van der Waals surface area (Å²) in [7, 11) is 0. The van der Waals surface area contributed by atoms with Crippen molar-refractivity contribution < 1.29 is 4.79 Å². The average Bonchev–Trinajstić information content (AvgIpc) is 3.21. The third-order valence-electron chi connectivity index (χ3n) is 3.40. The van der Waals surface area contributed by atoms with Gasteiger partial charge in [0.2, 0.25) is 5.91 Å². The highest BCUT2D eigenvalue weighted by molar-refractivity contribution is 8.14. The number of carbonyl (C=O) groups is 1. The van der Waals surface area contributed by atoms with E-state index in [1.807, 2.05) is 11.8 Å². The number of carbonyl (C=O) groups excluding carboxylic acids is 1. The van der Waals surface area contributed by atoms with Crippen molar-refractivity contribution in [2.24, 2.45) is 10.9 Å². The lowest BCUT2D eigenvalue weighted by Gasteiger charge is -2.07. The van der Waals surface area contributed by atoms with Gasteiger partial charge >= 0.3 is 0 Å². The lowest BCUT2D eigenvalue weighted by molar-refractivity contribution is -0.121. The summed E-state index contributed by atoms with van der Waals surface area (Å²) < 4.78 is 0. The molecule has 4 nitrogen and oxygen atoms in total. The van der Waals surface area contributed by atoms with Crippen molar-refractivity contribution in [2.45, 2.75) is 43.4 Å². The van der Waals surface area contributed by atoms with Crippen molar-refractivity contribution in [1.82, 2.24) is 10.6 Å². The van der Waals surface area contributed by atoms with Gasteiger partial charge in [0.15, 0.2) is 5.17 Å². The molecule has 1 amide bonds. The van der Waals surface area contributed by atoms with E-state index in [2.05, 4.69) is 15.6 Å². The van der Waals surface area contributed by atoms with E-state index in [0.717, 1.165) is 30.5 Å². The molecule has 2 N–H and O–H groups in total. The first-order chi connectivity index (χ1) is 8.31. The molecule has 0 aromatic carbocycles. The largest absolute Gasteiger partial charge is 0.364 e. The molecule has 3 rings (SSSR count). The van der Waals surface area contributed by atoms with E-state index in [0.29, 0.717) is 24.3 Å². The van der Waals surface area contributed by atoms with E-state index in [1.54, 1.807) is 0 Å². The first-order valence-electron chi connectivity index (χ1n) is 6.55. The van der Waals surface area contributed by atoms with Crippen LogP contribution in [-0.2, 0) is 4.79 Å². The van der Waals surface area contributed by atoms with Gasteiger partial charge in [-0.15, -0.1) is 0 Å². The highest BCUT2D eigenvalue weighted by Gasteiger charge is 2.35. The van der Waals surface area contributed by atoms with Gasteiger partial charge in [-0.2, -0.15) is 0 Å². The van der Waals surface area contributed by atoms with Gasteiger partial charge in [-0.05, 0) is 31.6 Å². The molecule has 3 aliphatic rings. The summed E-state index contributed by atoms with van der Waals surface area (Å²) in [5.41, 5.74) is 0. The summed E-state index contributed by atoms with van der Waals surface area (Å²) in [6.07, 6.45) is 5.63. The van der Waals surface area contributed by atoms with Crippen LogP contribution < -0.4 is 10.6 Å². The Labute approximate surface area is 106 Å². The molecule has 17 heavy (non-hydrogen) atoms. The topological polar surface area (TPSA) is 53.5 Å². The molecule has 2 saturated carbocycles. The summed E-state index contributed by atoms with van der Waals surface area (Å²) in [6.45, 7) is 1.67. The van der Waals surface area contributed by atoms with Crippen LogP contribution in [0.1, 0.15) is 32.1 Å². The molecule has 0 radical (unpaired) electrons. The highest BCUT2D eigenvalue weighted by atomic mass is 32.2. The van der Waals surface area contributed by atoms with Gasteiger partial charge in [-0.3, -0.25) is 9.79 Å². The predicted molar refractivity (Wildman–Crippen MR) is 70.2 cm³/mol. The quantitative estimate of drug-likeness (QED) is 0.772. The van der Waals surface area contributed by atoms with E-state index in [1.165, 1.54) is 12.8 Å². The van der Waals surface area contributed by atoms with Crippen LogP contribution in [0, 0.1) is 5.92 Å². The first-order valence-corrected chi connectivity index (χ1v) is 7.43. The number of rotatable bonds is 5. The molecule has 2 fully saturated rings. The summed E-state index contributed by atoms with van der Waals surface area (Å²) in [5.74, 6) is 1.07. The Kier molecular flexibility index (Phi) is 3.27. The molecular weight excluding hydrogens is 234 g/mol. The van der Waals surface area contributed by atoms with Crippen LogP contribution in [-0.4, -0.2) is 35.5 Å². The van der Waals surface area contributed by atoms with E-state index >= 15 is 0 Å². The molecule has 1 unspecified atom stereocenters. The summed E-state index contributed by atoms with van der Waals surface area (Å²) >= 11 is 1.87. The molecule has 1 atom stereocenters. The number of amides is 1. The second-order valence-electron chi connectivity index (χ2n) is 5.16. The molecule has 0 aromatic rings. The fraction of sp³-hybridized carbons (Fsp3) is 0.833. The molecule has 0 bridgehead atoms. The average molecular weight is 253 g/mol. The lowest BCUT2D eigenvalue weighted by Crippen LogP contribution is -2.30. The first kappa shape index (κ1) is 11.4. The molecule has 1 aliphatic heterocycles. The van der Waals surface area contributed by atoms with Crippen molar-refractivity contribution in [2.75, 3.05) is 13.1 Å². The molecule has 94 valence electrons. The van der Waals surface area contributed by atoms with Crippen molar-refractivity contribution in [3.05, 3.63) is 0 Å². The van der Waals surface area contributed by atoms with Crippen LogP contribution in [0.25, 0.3) is 0 Å². The number of amidine groups is 1. The van der Waals surface area contributed by atoms with Crippen LogP contribution in [0.2, 0.25) is 0 Å². The molecule has 2 aliphatic carbocycles. The molecule has 1 heterocycles. The SMILES string of the molecule is O=C(CCNC1=NCC(C2CC2)S1)NC1CC1. The smallest absolute Gasteiger partial charge is 0.221 e. The van der Waals surface area contributed by atoms with E-state index in [9.17, 15) is 4.79 Å². The van der Waals surface area contributed by atoms with Gasteiger partial charge in [0.05, 0.1) is 6.54 Å². The number of hydrogen-bond donors (Lipinski definition) is 2. The second kappa shape index (κ2) is 4.88. The van der Waals surface area contributed by atoms with Crippen molar-refractivity contribution in [3.63, 3.8) is 0 Å². The Morgan fingerprint density at radius 1 is 1.35 bits per heavy atom. The third kappa shape index (κ3) is 3.37. The summed E-state index contributed by atoms with van der Waals surface area (Å²) in [6, 6.07) is 0.472. The summed E-state index contributed by atoms with van der Waals surface area (Å²) in [5, 5.41) is 8.01. The standard InChI is InChI=1S/C12H19N3OS/c16-11(15-9-3-4-9)5-6-13-12-14-7-10(17-12)8-1-2-8/h8-10H,1-7H2,(H,13,14)(H,15,16). The van der Waals surface area contributed by atoms with Crippen LogP contribution in [0.3, 0.4) is 0 Å². The monoisotopic (exact) mass is 253 g/mol. The lowest BCUT2D eigenvalue weighted by atomic mass is 10.3. The Morgan fingerprint density at radius 2 is 2.18 bits per heavy atom. The van der Waals surface area contributed by atoms with Crippen LogP contribution >= 0.6 is 11.8 Å². The minimum atomic E-state index is 0.169. The fourth-order valence-corrected chi connectivity index (χ4v) is 3.25. The zero-order valence-corrected chi connectivity index (χ0v) is 10.8. The second-order valence-corrected chi connectivity index (χ2v) is 6.39. The third-order valence-corrected chi connectivity index (χ3v) is 4.73. The zero-order valence-electron chi connectivity index (χ0n) is 9.95. The van der Waals surface area contributed by atoms with Crippen molar-refractivity contribution >= 4 is 22.8 Å². The van der Waals surface area contributed by atoms with Gasteiger partial charge < -0.3 is 10.6 Å². The molecule has 0 aromatic heterocycles. The molecular formula is C12H19N3OS. The Bertz CT molecular complexity index is 337. The van der Waals surface area contributed by atoms with E-state index in [4.69, 9.17) is 0 Å². The van der Waals surface area contributed by atoms with Gasteiger partial charge in [0, 0.05) is 24.3 Å². The number of aliphatic imine (C=N–C) groups is 1. The number of nitrogens with one attached hydrogen (secondary N) is 2. The maximum Gasteiger partial charge on any atom is 0.221 e. The Morgan fingerprint density at radius 3 is 2.88 bits per heavy atom. The number of hydrogen-bond acceptors (Lipinski definition) is 4. The van der Waals surface area contributed by atoms with Gasteiger partial charge in [-0.25, -0.2) is 0 Å². The minimum absolute atomic E-state index is 0.169. The van der Waals surface area contributed by atoms with Crippen LogP contribution in [0.4, 0.5) is 0 Å². The fourth-order valence-electron chi connectivity index (χ4n) is 2.01. The van der Waals surface area contributed by atoms with Gasteiger partial charge in [-0.1, -0.05) is 11.8 Å². The van der Waals surface area contributed by atoms with E-state index < -0.39 is 0 Å². The van der Waals surface area contributed by atoms with Gasteiger partial charge in [0.25, 0.3) is 0 Å². The molecule has 0 saturated heterocycles. The molecule has 0 spiro atoms. The normalized spacial score (nSPS) is 27.8. The van der Waals surface area contributed by atoms with Crippen molar-refractivity contribution in [1.29, 1.82) is 0 Å². The predicted octanol–water partition coefficient (Wildman–Crippen LogP) is 1.13. The Balaban J connectivity index is 1.30. The number of thioether (sulfide) groups is 1. The van der Waals surface area contributed by atoms with Crippen LogP contribution in [0.5, 0.6) is 0 Å².